The van der Waals surface area contributed by atoms with Crippen LogP contribution in [0.3, 0.4) is 0 Å². The number of benzene rings is 1. The van der Waals surface area contributed by atoms with Crippen molar-refractivity contribution >= 4 is 27.4 Å². The Hall–Kier alpha value is -1.62. The third-order valence-electron chi connectivity index (χ3n) is 2.83. The predicted octanol–water partition coefficient (Wildman–Crippen LogP) is 3.06. The molecule has 1 aromatic carbocycles. The topological polar surface area (TPSA) is 60.9 Å². The summed E-state index contributed by atoms with van der Waals surface area (Å²) in [6.45, 7) is 2.98. The summed E-state index contributed by atoms with van der Waals surface area (Å²) in [4.78, 5) is 16.5. The number of carbonyl (C=O) groups excluding carboxylic acids is 1. The van der Waals surface area contributed by atoms with Crippen molar-refractivity contribution in [2.45, 2.75) is 26.3 Å². The first kappa shape index (κ1) is 13.8. The molecule has 0 aliphatic carbocycles. The van der Waals surface area contributed by atoms with Crippen molar-refractivity contribution in [2.24, 2.45) is 0 Å². The zero-order chi connectivity index (χ0) is 13.8. The second kappa shape index (κ2) is 6.02. The quantitative estimate of drug-likeness (QED) is 0.680. The van der Waals surface area contributed by atoms with Gasteiger partial charge in [-0.2, -0.15) is 0 Å². The van der Waals surface area contributed by atoms with Gasteiger partial charge in [0.25, 0.3) is 0 Å². The van der Waals surface area contributed by atoms with Gasteiger partial charge in [0.15, 0.2) is 5.78 Å². The Balaban J connectivity index is 2.18. The molecule has 2 rings (SSSR count). The minimum Gasteiger partial charge on any atom is -0.399 e. The highest BCUT2D eigenvalue weighted by atomic mass is 79.9. The molecule has 0 unspecified atom stereocenters. The molecule has 0 radical (unpaired) electrons. The molecular weight excluding hydrogens is 306 g/mol. The molecule has 2 aromatic rings. The van der Waals surface area contributed by atoms with Gasteiger partial charge in [0.2, 0.25) is 0 Å². The molecule has 0 aliphatic heterocycles. The van der Waals surface area contributed by atoms with E-state index >= 15 is 0 Å². The molecule has 1 heterocycles. The SMILES string of the molecule is CCCn1ccnc1CC(=O)c1cc(N)cc(Br)c1. The van der Waals surface area contributed by atoms with Crippen LogP contribution < -0.4 is 5.73 Å². The lowest BCUT2D eigenvalue weighted by molar-refractivity contribution is 0.0989. The number of hydrogen-bond acceptors (Lipinski definition) is 3. The predicted molar refractivity (Wildman–Crippen MR) is 79.1 cm³/mol. The van der Waals surface area contributed by atoms with E-state index in [1.807, 2.05) is 10.8 Å². The van der Waals surface area contributed by atoms with Crippen LogP contribution in [0.4, 0.5) is 5.69 Å². The lowest BCUT2D eigenvalue weighted by Gasteiger charge is -2.06. The molecule has 100 valence electrons. The molecule has 2 N–H and O–H groups in total. The number of nitrogen functional groups attached to an aromatic ring is 1. The first-order valence-electron chi connectivity index (χ1n) is 6.19. The van der Waals surface area contributed by atoms with E-state index in [9.17, 15) is 4.79 Å². The minimum atomic E-state index is 0.0246. The Bertz CT molecular complexity index is 572. The highest BCUT2D eigenvalue weighted by molar-refractivity contribution is 9.10. The maximum Gasteiger partial charge on any atom is 0.170 e. The van der Waals surface area contributed by atoms with E-state index in [2.05, 4.69) is 27.8 Å². The van der Waals surface area contributed by atoms with Crippen LogP contribution in [0.2, 0.25) is 0 Å². The number of halogens is 1. The Labute approximate surface area is 120 Å². The van der Waals surface area contributed by atoms with Crippen molar-refractivity contribution < 1.29 is 4.79 Å². The molecule has 0 saturated heterocycles. The largest absolute Gasteiger partial charge is 0.399 e. The number of aromatic nitrogens is 2. The molecule has 4 nitrogen and oxygen atoms in total. The fourth-order valence-corrected chi connectivity index (χ4v) is 2.48. The summed E-state index contributed by atoms with van der Waals surface area (Å²) >= 11 is 3.35. The number of anilines is 1. The number of ketones is 1. The maximum atomic E-state index is 12.2. The zero-order valence-corrected chi connectivity index (χ0v) is 12.4. The van der Waals surface area contributed by atoms with Gasteiger partial charge in [-0.15, -0.1) is 0 Å². The third kappa shape index (κ3) is 3.44. The lowest BCUT2D eigenvalue weighted by Crippen LogP contribution is -2.10. The van der Waals surface area contributed by atoms with Gasteiger partial charge in [-0.25, -0.2) is 4.98 Å². The maximum absolute atomic E-state index is 12.2. The van der Waals surface area contributed by atoms with Crippen LogP contribution >= 0.6 is 15.9 Å². The molecule has 0 aliphatic rings. The highest BCUT2D eigenvalue weighted by Crippen LogP contribution is 2.18. The van der Waals surface area contributed by atoms with Crippen molar-refractivity contribution in [3.8, 4) is 0 Å². The molecule has 0 spiro atoms. The number of imidazole rings is 1. The van der Waals surface area contributed by atoms with Crippen molar-refractivity contribution in [1.29, 1.82) is 0 Å². The summed E-state index contributed by atoms with van der Waals surface area (Å²) in [6, 6.07) is 5.25. The molecule has 0 amide bonds. The van der Waals surface area contributed by atoms with E-state index < -0.39 is 0 Å². The van der Waals surface area contributed by atoms with E-state index in [0.717, 1.165) is 23.3 Å². The second-order valence-electron chi connectivity index (χ2n) is 4.41. The number of aryl methyl sites for hydroxylation is 1. The summed E-state index contributed by atoms with van der Waals surface area (Å²) in [6.07, 6.45) is 4.94. The minimum absolute atomic E-state index is 0.0246. The van der Waals surface area contributed by atoms with Crippen LogP contribution in [-0.4, -0.2) is 15.3 Å². The van der Waals surface area contributed by atoms with Crippen LogP contribution in [0.1, 0.15) is 29.5 Å². The molecule has 5 heteroatoms. The van der Waals surface area contributed by atoms with E-state index in [0.29, 0.717) is 17.7 Å². The van der Waals surface area contributed by atoms with E-state index in [4.69, 9.17) is 5.73 Å². The van der Waals surface area contributed by atoms with Crippen molar-refractivity contribution in [3.63, 3.8) is 0 Å². The number of carbonyl (C=O) groups is 1. The highest BCUT2D eigenvalue weighted by Gasteiger charge is 2.12. The van der Waals surface area contributed by atoms with Crippen LogP contribution in [0.5, 0.6) is 0 Å². The Morgan fingerprint density at radius 1 is 1.42 bits per heavy atom. The summed E-state index contributed by atoms with van der Waals surface area (Å²) in [7, 11) is 0. The summed E-state index contributed by atoms with van der Waals surface area (Å²) in [5, 5.41) is 0. The van der Waals surface area contributed by atoms with Crippen molar-refractivity contribution in [2.75, 3.05) is 5.73 Å². The summed E-state index contributed by atoms with van der Waals surface area (Å²) < 4.78 is 2.83. The number of rotatable bonds is 5. The van der Waals surface area contributed by atoms with Crippen molar-refractivity contribution in [3.05, 3.63) is 46.5 Å². The molecule has 0 saturated carbocycles. The molecule has 0 fully saturated rings. The molecule has 0 bridgehead atoms. The van der Waals surface area contributed by atoms with Crippen LogP contribution in [0.15, 0.2) is 35.1 Å². The average Bonchev–Trinajstić information content (AvgIpc) is 2.76. The molecule has 1 aromatic heterocycles. The number of nitrogens with zero attached hydrogens (tertiary/aromatic N) is 2. The smallest absolute Gasteiger partial charge is 0.170 e. The number of nitrogens with two attached hydrogens (primary N) is 1. The van der Waals surface area contributed by atoms with E-state index in [1.165, 1.54) is 0 Å². The lowest BCUT2D eigenvalue weighted by atomic mass is 10.1. The van der Waals surface area contributed by atoms with Gasteiger partial charge in [0, 0.05) is 34.7 Å². The third-order valence-corrected chi connectivity index (χ3v) is 3.28. The van der Waals surface area contributed by atoms with Gasteiger partial charge in [-0.1, -0.05) is 22.9 Å². The Morgan fingerprint density at radius 2 is 2.21 bits per heavy atom. The summed E-state index contributed by atoms with van der Waals surface area (Å²) in [5.41, 5.74) is 6.93. The van der Waals surface area contributed by atoms with Crippen molar-refractivity contribution in [1.82, 2.24) is 9.55 Å². The van der Waals surface area contributed by atoms with E-state index in [1.54, 1.807) is 24.4 Å². The van der Waals surface area contributed by atoms with Gasteiger partial charge in [-0.3, -0.25) is 4.79 Å². The molecule has 19 heavy (non-hydrogen) atoms. The van der Waals surface area contributed by atoms with Gasteiger partial charge >= 0.3 is 0 Å². The zero-order valence-electron chi connectivity index (χ0n) is 10.8. The monoisotopic (exact) mass is 321 g/mol. The number of hydrogen-bond donors (Lipinski definition) is 1. The number of Topliss-reactive ketones (excluding diaryl/α,β-unsaturated/α-hetero) is 1. The normalized spacial score (nSPS) is 10.6. The fraction of sp³-hybridized carbons (Fsp3) is 0.286. The Kier molecular flexibility index (Phi) is 4.37. The summed E-state index contributed by atoms with van der Waals surface area (Å²) in [5.74, 6) is 0.821. The second-order valence-corrected chi connectivity index (χ2v) is 5.33. The van der Waals surface area contributed by atoms with Gasteiger partial charge in [0.05, 0.1) is 6.42 Å². The average molecular weight is 322 g/mol. The van der Waals surface area contributed by atoms with Crippen LogP contribution in [0.25, 0.3) is 0 Å². The van der Waals surface area contributed by atoms with Crippen LogP contribution in [0, 0.1) is 0 Å². The molecular formula is C14H16BrN3O. The van der Waals surface area contributed by atoms with Gasteiger partial charge in [0.1, 0.15) is 5.82 Å². The molecule has 0 atom stereocenters. The van der Waals surface area contributed by atoms with E-state index in [-0.39, 0.29) is 5.78 Å². The first-order valence-corrected chi connectivity index (χ1v) is 6.98. The first-order chi connectivity index (χ1) is 9.10. The van der Waals surface area contributed by atoms with Crippen LogP contribution in [-0.2, 0) is 13.0 Å². The standard InChI is InChI=1S/C14H16BrN3O/c1-2-4-18-5-3-17-14(18)9-13(19)10-6-11(15)8-12(16)7-10/h3,5-8H,2,4,9,16H2,1H3. The Morgan fingerprint density at radius 3 is 2.89 bits per heavy atom. The fourth-order valence-electron chi connectivity index (χ4n) is 1.97. The van der Waals surface area contributed by atoms with Gasteiger partial charge in [-0.05, 0) is 24.6 Å². The van der Waals surface area contributed by atoms with Gasteiger partial charge < -0.3 is 10.3 Å².